The van der Waals surface area contributed by atoms with Crippen molar-refractivity contribution in [2.45, 2.75) is 71.9 Å². The van der Waals surface area contributed by atoms with Crippen molar-refractivity contribution in [3.8, 4) is 0 Å². The van der Waals surface area contributed by atoms with E-state index in [1.54, 1.807) is 0 Å². The highest BCUT2D eigenvalue weighted by atomic mass is 15.2. The van der Waals surface area contributed by atoms with Crippen molar-refractivity contribution in [2.24, 2.45) is 5.92 Å². The molecule has 1 saturated heterocycles. The summed E-state index contributed by atoms with van der Waals surface area (Å²) < 4.78 is 0. The molecule has 0 aromatic carbocycles. The van der Waals surface area contributed by atoms with E-state index >= 15 is 0 Å². The molecule has 2 unspecified atom stereocenters. The van der Waals surface area contributed by atoms with Crippen molar-refractivity contribution < 1.29 is 0 Å². The molecule has 1 aliphatic heterocycles. The highest BCUT2D eigenvalue weighted by Gasteiger charge is 2.22. The summed E-state index contributed by atoms with van der Waals surface area (Å²) in [7, 11) is 0. The van der Waals surface area contributed by atoms with Gasteiger partial charge in [0.25, 0.3) is 0 Å². The Hall–Kier alpha value is -0.0800. The number of likely N-dealkylation sites (tertiary alicyclic amines) is 1. The van der Waals surface area contributed by atoms with Crippen LogP contribution in [-0.2, 0) is 0 Å². The molecule has 0 aliphatic carbocycles. The van der Waals surface area contributed by atoms with Crippen LogP contribution in [0.3, 0.4) is 0 Å². The molecule has 1 N–H and O–H groups in total. The van der Waals surface area contributed by atoms with Gasteiger partial charge in [-0.2, -0.15) is 0 Å². The molecule has 2 nitrogen and oxygen atoms in total. The van der Waals surface area contributed by atoms with Crippen LogP contribution in [0.2, 0.25) is 0 Å². The lowest BCUT2D eigenvalue weighted by Crippen LogP contribution is -2.45. The van der Waals surface area contributed by atoms with Gasteiger partial charge in [0.1, 0.15) is 0 Å². The maximum atomic E-state index is 3.63. The van der Waals surface area contributed by atoms with Crippen LogP contribution in [0, 0.1) is 5.92 Å². The van der Waals surface area contributed by atoms with Crippen LogP contribution in [0.4, 0.5) is 0 Å². The Labute approximate surface area is 108 Å². The van der Waals surface area contributed by atoms with Crippen LogP contribution < -0.4 is 5.32 Å². The van der Waals surface area contributed by atoms with E-state index in [4.69, 9.17) is 0 Å². The van der Waals surface area contributed by atoms with E-state index in [-0.39, 0.29) is 5.54 Å². The summed E-state index contributed by atoms with van der Waals surface area (Å²) in [6.45, 7) is 15.3. The Balaban J connectivity index is 2.36. The summed E-state index contributed by atoms with van der Waals surface area (Å²) in [6.07, 6.45) is 5.64. The van der Waals surface area contributed by atoms with Crippen LogP contribution >= 0.6 is 0 Å². The minimum atomic E-state index is 0.243. The van der Waals surface area contributed by atoms with Gasteiger partial charge in [-0.05, 0) is 66.1 Å². The summed E-state index contributed by atoms with van der Waals surface area (Å²) in [5, 5.41) is 3.63. The van der Waals surface area contributed by atoms with Crippen molar-refractivity contribution in [1.82, 2.24) is 10.2 Å². The zero-order chi connectivity index (χ0) is 12.9. The third-order valence-electron chi connectivity index (χ3n) is 3.99. The molecule has 2 heteroatoms. The Kier molecular flexibility index (Phi) is 5.94. The summed E-state index contributed by atoms with van der Waals surface area (Å²) in [5.41, 5.74) is 0.243. The number of rotatable bonds is 4. The van der Waals surface area contributed by atoms with Gasteiger partial charge in [0, 0.05) is 11.6 Å². The van der Waals surface area contributed by atoms with Crippen molar-refractivity contribution >= 4 is 0 Å². The quantitative estimate of drug-likeness (QED) is 0.811. The van der Waals surface area contributed by atoms with Gasteiger partial charge >= 0.3 is 0 Å². The summed E-state index contributed by atoms with van der Waals surface area (Å²) in [5.74, 6) is 0.729. The molecule has 0 amide bonds. The molecule has 0 radical (unpaired) electrons. The standard InChI is InChI=1S/C15H32N2/c1-13(12-16-15(3,4)5)14(2)17-10-8-6-7-9-11-17/h13-14,16H,6-12H2,1-5H3. The van der Waals surface area contributed by atoms with E-state index in [0.717, 1.165) is 12.5 Å². The Morgan fingerprint density at radius 1 is 1.00 bits per heavy atom. The fourth-order valence-electron chi connectivity index (χ4n) is 2.50. The van der Waals surface area contributed by atoms with Crippen molar-refractivity contribution in [3.63, 3.8) is 0 Å². The lowest BCUT2D eigenvalue weighted by molar-refractivity contribution is 0.160. The molecule has 17 heavy (non-hydrogen) atoms. The molecule has 0 saturated carbocycles. The maximum absolute atomic E-state index is 3.63. The molecule has 0 aromatic rings. The summed E-state index contributed by atoms with van der Waals surface area (Å²) >= 11 is 0. The predicted molar refractivity (Wildman–Crippen MR) is 76.4 cm³/mol. The number of nitrogens with one attached hydrogen (secondary N) is 1. The molecule has 1 heterocycles. The second kappa shape index (κ2) is 6.75. The van der Waals surface area contributed by atoms with Crippen molar-refractivity contribution in [3.05, 3.63) is 0 Å². The first-order valence-electron chi connectivity index (χ1n) is 7.39. The molecular weight excluding hydrogens is 208 g/mol. The minimum absolute atomic E-state index is 0.243. The molecule has 1 rings (SSSR count). The number of hydrogen-bond acceptors (Lipinski definition) is 2. The highest BCUT2D eigenvalue weighted by Crippen LogP contribution is 2.17. The fourth-order valence-corrected chi connectivity index (χ4v) is 2.50. The third kappa shape index (κ3) is 5.87. The molecule has 1 aliphatic rings. The first kappa shape index (κ1) is 15.0. The second-order valence-electron chi connectivity index (χ2n) is 6.80. The Morgan fingerprint density at radius 3 is 2.00 bits per heavy atom. The minimum Gasteiger partial charge on any atom is -0.312 e. The zero-order valence-electron chi connectivity index (χ0n) is 12.6. The van der Waals surface area contributed by atoms with Gasteiger partial charge in [0.15, 0.2) is 0 Å². The summed E-state index contributed by atoms with van der Waals surface area (Å²) in [4.78, 5) is 2.70. The zero-order valence-corrected chi connectivity index (χ0v) is 12.6. The average Bonchev–Trinajstić information content (AvgIpc) is 2.52. The SMILES string of the molecule is CC(CNC(C)(C)C)C(C)N1CCCCCC1. The largest absolute Gasteiger partial charge is 0.312 e. The monoisotopic (exact) mass is 240 g/mol. The molecule has 0 bridgehead atoms. The number of nitrogens with zero attached hydrogens (tertiary/aromatic N) is 1. The van der Waals surface area contributed by atoms with Gasteiger partial charge in [0.2, 0.25) is 0 Å². The Morgan fingerprint density at radius 2 is 1.53 bits per heavy atom. The van der Waals surface area contributed by atoms with E-state index in [1.165, 1.54) is 38.8 Å². The van der Waals surface area contributed by atoms with Gasteiger partial charge in [-0.1, -0.05) is 19.8 Å². The van der Waals surface area contributed by atoms with Gasteiger partial charge < -0.3 is 10.2 Å². The lowest BCUT2D eigenvalue weighted by atomic mass is 9.99. The smallest absolute Gasteiger partial charge is 0.0105 e. The van der Waals surface area contributed by atoms with Gasteiger partial charge in [-0.15, -0.1) is 0 Å². The second-order valence-corrected chi connectivity index (χ2v) is 6.80. The van der Waals surface area contributed by atoms with Gasteiger partial charge in [0.05, 0.1) is 0 Å². The van der Waals surface area contributed by atoms with E-state index in [9.17, 15) is 0 Å². The van der Waals surface area contributed by atoms with Crippen LogP contribution in [0.25, 0.3) is 0 Å². The molecule has 102 valence electrons. The lowest BCUT2D eigenvalue weighted by Gasteiger charge is -2.34. The topological polar surface area (TPSA) is 15.3 Å². The molecular formula is C15H32N2. The first-order chi connectivity index (χ1) is 7.90. The summed E-state index contributed by atoms with van der Waals surface area (Å²) in [6, 6.07) is 0.711. The van der Waals surface area contributed by atoms with E-state index in [1.807, 2.05) is 0 Å². The van der Waals surface area contributed by atoms with Gasteiger partial charge in [-0.25, -0.2) is 0 Å². The third-order valence-corrected chi connectivity index (χ3v) is 3.99. The molecule has 0 aromatic heterocycles. The van der Waals surface area contributed by atoms with Crippen LogP contribution in [0.15, 0.2) is 0 Å². The fraction of sp³-hybridized carbons (Fsp3) is 1.00. The van der Waals surface area contributed by atoms with Crippen LogP contribution in [-0.4, -0.2) is 36.1 Å². The highest BCUT2D eigenvalue weighted by molar-refractivity contribution is 4.79. The molecule has 1 fully saturated rings. The molecule has 2 atom stereocenters. The normalized spacial score (nSPS) is 23.1. The molecule has 0 spiro atoms. The average molecular weight is 240 g/mol. The van der Waals surface area contributed by atoms with E-state index in [2.05, 4.69) is 44.8 Å². The van der Waals surface area contributed by atoms with Crippen LogP contribution in [0.1, 0.15) is 60.3 Å². The van der Waals surface area contributed by atoms with Gasteiger partial charge in [-0.3, -0.25) is 0 Å². The maximum Gasteiger partial charge on any atom is 0.0105 e. The first-order valence-corrected chi connectivity index (χ1v) is 7.39. The van der Waals surface area contributed by atoms with Crippen LogP contribution in [0.5, 0.6) is 0 Å². The van der Waals surface area contributed by atoms with Crippen molar-refractivity contribution in [2.75, 3.05) is 19.6 Å². The predicted octanol–water partition coefficient (Wildman–Crippen LogP) is 3.28. The van der Waals surface area contributed by atoms with E-state index in [0.29, 0.717) is 6.04 Å². The Bertz CT molecular complexity index is 199. The van der Waals surface area contributed by atoms with E-state index < -0.39 is 0 Å². The van der Waals surface area contributed by atoms with Crippen molar-refractivity contribution in [1.29, 1.82) is 0 Å². The number of hydrogen-bond donors (Lipinski definition) is 1.